The number of hydrogen-bond donors (Lipinski definition) is 1. The molecule has 6 heteroatoms. The van der Waals surface area contributed by atoms with E-state index < -0.39 is 0 Å². The third-order valence-electron chi connectivity index (χ3n) is 4.91. The van der Waals surface area contributed by atoms with E-state index in [1.54, 1.807) is 14.2 Å². The molecule has 0 unspecified atom stereocenters. The highest BCUT2D eigenvalue weighted by molar-refractivity contribution is 5.81. The largest absolute Gasteiger partial charge is 0.497 e. The Kier molecular flexibility index (Phi) is 7.68. The molecule has 0 aliphatic carbocycles. The molecule has 1 aromatic carbocycles. The van der Waals surface area contributed by atoms with E-state index in [0.29, 0.717) is 12.6 Å². The number of carbonyl (C=O) groups excluding carboxylic acids is 1. The molecule has 0 spiro atoms. The minimum absolute atomic E-state index is 0.0698. The van der Waals surface area contributed by atoms with Crippen molar-refractivity contribution in [3.05, 3.63) is 29.8 Å². The number of nitrogens with zero attached hydrogens (tertiary/aromatic N) is 2. The second kappa shape index (κ2) is 9.75. The van der Waals surface area contributed by atoms with Gasteiger partial charge in [0.1, 0.15) is 5.75 Å². The van der Waals surface area contributed by atoms with E-state index >= 15 is 0 Å². The summed E-state index contributed by atoms with van der Waals surface area (Å²) in [4.78, 5) is 17.2. The first-order valence-electron chi connectivity index (χ1n) is 8.92. The van der Waals surface area contributed by atoms with Crippen molar-refractivity contribution in [2.45, 2.75) is 32.5 Å². The van der Waals surface area contributed by atoms with Gasteiger partial charge in [0.2, 0.25) is 5.91 Å². The lowest BCUT2D eigenvalue weighted by Gasteiger charge is -2.41. The van der Waals surface area contributed by atoms with Crippen LogP contribution in [0, 0.1) is 0 Å². The molecule has 1 heterocycles. The number of rotatable bonds is 8. The number of carbonyl (C=O) groups is 1. The number of ether oxygens (including phenoxy) is 2. The van der Waals surface area contributed by atoms with Gasteiger partial charge in [-0.3, -0.25) is 14.6 Å². The van der Waals surface area contributed by atoms with Crippen LogP contribution in [0.1, 0.15) is 19.4 Å². The van der Waals surface area contributed by atoms with Gasteiger partial charge in [-0.1, -0.05) is 12.1 Å². The zero-order valence-corrected chi connectivity index (χ0v) is 15.8. The lowest BCUT2D eigenvalue weighted by Crippen LogP contribution is -2.57. The van der Waals surface area contributed by atoms with Crippen LogP contribution >= 0.6 is 0 Å². The van der Waals surface area contributed by atoms with Gasteiger partial charge in [-0.2, -0.15) is 0 Å². The van der Waals surface area contributed by atoms with Crippen LogP contribution in [-0.4, -0.2) is 74.8 Å². The highest BCUT2D eigenvalue weighted by Gasteiger charge is 2.29. The maximum absolute atomic E-state index is 12.5. The molecule has 0 saturated carbocycles. The molecule has 2 rings (SSSR count). The van der Waals surface area contributed by atoms with Crippen molar-refractivity contribution in [3.8, 4) is 5.75 Å². The first-order chi connectivity index (χ1) is 12.0. The normalized spacial score (nSPS) is 20.2. The van der Waals surface area contributed by atoms with Crippen molar-refractivity contribution in [2.24, 2.45) is 0 Å². The predicted molar refractivity (Wildman–Crippen MR) is 98.8 cm³/mol. The fraction of sp³-hybridized carbons (Fsp3) is 0.632. The summed E-state index contributed by atoms with van der Waals surface area (Å²) in [7, 11) is 3.38. The summed E-state index contributed by atoms with van der Waals surface area (Å²) in [6.07, 6.45) is 0. The Morgan fingerprint density at radius 1 is 1.36 bits per heavy atom. The maximum Gasteiger partial charge on any atom is 0.237 e. The number of nitrogens with one attached hydrogen (secondary N) is 1. The van der Waals surface area contributed by atoms with Crippen LogP contribution in [0.5, 0.6) is 5.75 Å². The fourth-order valence-corrected chi connectivity index (χ4v) is 3.20. The van der Waals surface area contributed by atoms with Gasteiger partial charge in [0.15, 0.2) is 0 Å². The van der Waals surface area contributed by atoms with E-state index in [2.05, 4.69) is 22.0 Å². The van der Waals surface area contributed by atoms with Crippen molar-refractivity contribution in [3.63, 3.8) is 0 Å². The minimum Gasteiger partial charge on any atom is -0.497 e. The number of piperazine rings is 1. The Bertz CT molecular complexity index is 552. The van der Waals surface area contributed by atoms with Crippen molar-refractivity contribution < 1.29 is 14.3 Å². The van der Waals surface area contributed by atoms with Gasteiger partial charge in [-0.05, 0) is 31.5 Å². The summed E-state index contributed by atoms with van der Waals surface area (Å²) in [6, 6.07) is 8.07. The lowest BCUT2D eigenvalue weighted by atomic mass is 10.1. The van der Waals surface area contributed by atoms with Gasteiger partial charge in [-0.15, -0.1) is 0 Å². The van der Waals surface area contributed by atoms with Crippen LogP contribution in [0.4, 0.5) is 0 Å². The van der Waals surface area contributed by atoms with E-state index in [0.717, 1.165) is 44.1 Å². The molecular formula is C19H31N3O3. The summed E-state index contributed by atoms with van der Waals surface area (Å²) in [5, 5.41) is 3.04. The SMILES string of the molecule is COCCN1CCN([C@H](C)C(=O)NCc2cccc(OC)c2)C[C@@H]1C. The molecule has 25 heavy (non-hydrogen) atoms. The average molecular weight is 349 g/mol. The molecule has 1 aliphatic heterocycles. The molecule has 140 valence electrons. The molecular weight excluding hydrogens is 318 g/mol. The van der Waals surface area contributed by atoms with Crippen LogP contribution in [0.3, 0.4) is 0 Å². The summed E-state index contributed by atoms with van der Waals surface area (Å²) in [5.74, 6) is 0.876. The van der Waals surface area contributed by atoms with E-state index in [1.165, 1.54) is 0 Å². The third-order valence-corrected chi connectivity index (χ3v) is 4.91. The van der Waals surface area contributed by atoms with Gasteiger partial charge < -0.3 is 14.8 Å². The van der Waals surface area contributed by atoms with Gasteiger partial charge in [0.25, 0.3) is 0 Å². The van der Waals surface area contributed by atoms with Crippen LogP contribution in [-0.2, 0) is 16.1 Å². The summed E-state index contributed by atoms with van der Waals surface area (Å²) < 4.78 is 10.4. The Morgan fingerprint density at radius 3 is 2.84 bits per heavy atom. The lowest BCUT2D eigenvalue weighted by molar-refractivity contribution is -0.127. The van der Waals surface area contributed by atoms with Gasteiger partial charge in [0, 0.05) is 45.9 Å². The molecule has 1 aromatic rings. The topological polar surface area (TPSA) is 54.0 Å². The van der Waals surface area contributed by atoms with E-state index in [4.69, 9.17) is 9.47 Å². The number of methoxy groups -OCH3 is 2. The average Bonchev–Trinajstić information content (AvgIpc) is 2.64. The number of amides is 1. The molecule has 1 fully saturated rings. The predicted octanol–water partition coefficient (Wildman–Crippen LogP) is 1.35. The molecule has 1 amide bonds. The smallest absolute Gasteiger partial charge is 0.237 e. The Balaban J connectivity index is 1.81. The number of hydrogen-bond acceptors (Lipinski definition) is 5. The van der Waals surface area contributed by atoms with Gasteiger partial charge in [-0.25, -0.2) is 0 Å². The van der Waals surface area contributed by atoms with Crippen LogP contribution in [0.25, 0.3) is 0 Å². The Morgan fingerprint density at radius 2 is 2.16 bits per heavy atom. The molecule has 1 aliphatic rings. The quantitative estimate of drug-likeness (QED) is 0.768. The minimum atomic E-state index is -0.127. The van der Waals surface area contributed by atoms with Crippen LogP contribution in [0.15, 0.2) is 24.3 Å². The van der Waals surface area contributed by atoms with Gasteiger partial charge in [0.05, 0.1) is 19.8 Å². The highest BCUT2D eigenvalue weighted by atomic mass is 16.5. The van der Waals surface area contributed by atoms with Crippen LogP contribution in [0.2, 0.25) is 0 Å². The number of benzene rings is 1. The van der Waals surface area contributed by atoms with Crippen molar-refractivity contribution >= 4 is 5.91 Å². The second-order valence-corrected chi connectivity index (χ2v) is 6.62. The summed E-state index contributed by atoms with van der Waals surface area (Å²) in [6.45, 7) is 9.19. The van der Waals surface area contributed by atoms with E-state index in [1.807, 2.05) is 31.2 Å². The molecule has 0 aromatic heterocycles. The van der Waals surface area contributed by atoms with Gasteiger partial charge >= 0.3 is 0 Å². The second-order valence-electron chi connectivity index (χ2n) is 6.62. The van der Waals surface area contributed by atoms with Crippen molar-refractivity contribution in [1.29, 1.82) is 0 Å². The molecule has 1 N–H and O–H groups in total. The molecule has 6 nitrogen and oxygen atoms in total. The Labute approximate surface area is 151 Å². The van der Waals surface area contributed by atoms with Crippen molar-refractivity contribution in [2.75, 3.05) is 47.0 Å². The van der Waals surface area contributed by atoms with E-state index in [9.17, 15) is 4.79 Å². The maximum atomic E-state index is 12.5. The van der Waals surface area contributed by atoms with Crippen molar-refractivity contribution in [1.82, 2.24) is 15.1 Å². The zero-order chi connectivity index (χ0) is 18.2. The highest BCUT2D eigenvalue weighted by Crippen LogP contribution is 2.14. The van der Waals surface area contributed by atoms with E-state index in [-0.39, 0.29) is 11.9 Å². The first-order valence-corrected chi connectivity index (χ1v) is 8.92. The van der Waals surface area contributed by atoms with Crippen LogP contribution < -0.4 is 10.1 Å². The standard InChI is InChI=1S/C19H31N3O3/c1-15-14-22(9-8-21(15)10-11-24-3)16(2)19(23)20-13-17-6-5-7-18(12-17)25-4/h5-7,12,15-16H,8-11,13-14H2,1-4H3,(H,20,23)/t15-,16+/m0/s1. The summed E-state index contributed by atoms with van der Waals surface area (Å²) in [5.41, 5.74) is 1.04. The molecule has 0 bridgehead atoms. The first kappa shape index (κ1) is 19.7. The monoisotopic (exact) mass is 349 g/mol. The molecule has 2 atom stereocenters. The Hall–Kier alpha value is -1.63. The molecule has 0 radical (unpaired) electrons. The third kappa shape index (κ3) is 5.70. The molecule has 1 saturated heterocycles. The summed E-state index contributed by atoms with van der Waals surface area (Å²) >= 11 is 0. The fourth-order valence-electron chi connectivity index (χ4n) is 3.20. The zero-order valence-electron chi connectivity index (χ0n) is 15.8.